The van der Waals surface area contributed by atoms with Crippen molar-refractivity contribution in [1.82, 2.24) is 15.3 Å². The highest BCUT2D eigenvalue weighted by Gasteiger charge is 2.17. The van der Waals surface area contributed by atoms with Crippen molar-refractivity contribution in [2.75, 3.05) is 5.73 Å². The van der Waals surface area contributed by atoms with Crippen molar-refractivity contribution >= 4 is 11.9 Å². The Balaban J connectivity index is 1.96. The summed E-state index contributed by atoms with van der Waals surface area (Å²) >= 11 is 0. The van der Waals surface area contributed by atoms with Crippen LogP contribution in [0, 0.1) is 0 Å². The highest BCUT2D eigenvalue weighted by atomic mass is 16.4. The zero-order valence-electron chi connectivity index (χ0n) is 10.9. The Bertz CT molecular complexity index is 557. The number of hydrogen-bond acceptors (Lipinski definition) is 5. The molecule has 2 rings (SSSR count). The van der Waals surface area contributed by atoms with Crippen molar-refractivity contribution in [2.45, 2.75) is 19.0 Å². The molecule has 104 valence electrons. The Kier molecular flexibility index (Phi) is 4.62. The molecule has 6 heteroatoms. The summed E-state index contributed by atoms with van der Waals surface area (Å²) < 4.78 is 0. The largest absolute Gasteiger partial charge is 0.480 e. The summed E-state index contributed by atoms with van der Waals surface area (Å²) in [5.41, 5.74) is 7.16. The monoisotopic (exact) mass is 272 g/mol. The number of aromatic nitrogens is 2. The van der Waals surface area contributed by atoms with Crippen LogP contribution in [-0.2, 0) is 17.8 Å². The summed E-state index contributed by atoms with van der Waals surface area (Å²) in [5.74, 6) is -0.682. The predicted octanol–water partition coefficient (Wildman–Crippen LogP) is 0.844. The number of carboxylic acids is 1. The number of anilines is 1. The van der Waals surface area contributed by atoms with Crippen LogP contribution in [0.5, 0.6) is 0 Å². The van der Waals surface area contributed by atoms with Crippen LogP contribution >= 0.6 is 0 Å². The van der Waals surface area contributed by atoms with Crippen molar-refractivity contribution in [3.05, 3.63) is 53.9 Å². The van der Waals surface area contributed by atoms with E-state index in [9.17, 15) is 9.90 Å². The van der Waals surface area contributed by atoms with Crippen molar-refractivity contribution in [2.24, 2.45) is 0 Å². The molecular weight excluding hydrogens is 256 g/mol. The Morgan fingerprint density at radius 2 is 1.85 bits per heavy atom. The second-order valence-corrected chi connectivity index (χ2v) is 4.41. The molecule has 1 atom stereocenters. The Morgan fingerprint density at radius 1 is 1.20 bits per heavy atom. The van der Waals surface area contributed by atoms with Gasteiger partial charge in [0, 0.05) is 24.5 Å². The molecule has 0 saturated carbocycles. The molecule has 0 fully saturated rings. The third kappa shape index (κ3) is 4.03. The van der Waals surface area contributed by atoms with Gasteiger partial charge in [-0.05, 0) is 12.0 Å². The summed E-state index contributed by atoms with van der Waals surface area (Å²) in [6.07, 6.45) is 3.58. The highest BCUT2D eigenvalue weighted by Crippen LogP contribution is 2.05. The van der Waals surface area contributed by atoms with Gasteiger partial charge in [-0.25, -0.2) is 9.97 Å². The Hall–Kier alpha value is -2.47. The first-order valence-corrected chi connectivity index (χ1v) is 6.21. The molecule has 0 radical (unpaired) electrons. The molecule has 0 aliphatic carbocycles. The lowest BCUT2D eigenvalue weighted by molar-refractivity contribution is -0.139. The molecule has 20 heavy (non-hydrogen) atoms. The first-order valence-electron chi connectivity index (χ1n) is 6.21. The molecule has 6 nitrogen and oxygen atoms in total. The summed E-state index contributed by atoms with van der Waals surface area (Å²) in [6, 6.07) is 8.84. The number of rotatable bonds is 6. The second-order valence-electron chi connectivity index (χ2n) is 4.41. The zero-order chi connectivity index (χ0) is 14.4. The maximum absolute atomic E-state index is 11.3. The van der Waals surface area contributed by atoms with Gasteiger partial charge in [-0.2, -0.15) is 0 Å². The van der Waals surface area contributed by atoms with E-state index in [1.54, 1.807) is 12.4 Å². The van der Waals surface area contributed by atoms with Crippen LogP contribution in [0.1, 0.15) is 11.1 Å². The molecule has 4 N–H and O–H groups in total. The van der Waals surface area contributed by atoms with Crippen molar-refractivity contribution in [3.8, 4) is 0 Å². The topological polar surface area (TPSA) is 101 Å². The smallest absolute Gasteiger partial charge is 0.321 e. The molecule has 0 bridgehead atoms. The SMILES string of the molecule is Nc1ncc(CN[C@H](Cc2ccccc2)C(=O)O)cn1. The van der Waals surface area contributed by atoms with E-state index in [-0.39, 0.29) is 5.95 Å². The average Bonchev–Trinajstić information content (AvgIpc) is 2.46. The van der Waals surface area contributed by atoms with Crippen LogP contribution in [-0.4, -0.2) is 27.1 Å². The molecule has 0 saturated heterocycles. The normalized spacial score (nSPS) is 12.0. The minimum atomic E-state index is -0.884. The lowest BCUT2D eigenvalue weighted by Gasteiger charge is -2.14. The first kappa shape index (κ1) is 14.0. The second kappa shape index (κ2) is 6.63. The van der Waals surface area contributed by atoms with Gasteiger partial charge in [0.25, 0.3) is 0 Å². The zero-order valence-corrected chi connectivity index (χ0v) is 10.9. The first-order chi connectivity index (χ1) is 9.65. The van der Waals surface area contributed by atoms with Gasteiger partial charge in [0.2, 0.25) is 5.95 Å². The number of nitrogens with two attached hydrogens (primary N) is 1. The van der Waals surface area contributed by atoms with Crippen molar-refractivity contribution in [1.29, 1.82) is 0 Å². The van der Waals surface area contributed by atoms with Crippen LogP contribution < -0.4 is 11.1 Å². The van der Waals surface area contributed by atoms with Gasteiger partial charge < -0.3 is 10.8 Å². The number of benzene rings is 1. The molecule has 0 unspecified atom stereocenters. The molecule has 0 aliphatic rings. The Morgan fingerprint density at radius 3 is 2.45 bits per heavy atom. The van der Waals surface area contributed by atoms with E-state index in [1.807, 2.05) is 30.3 Å². The summed E-state index contributed by atoms with van der Waals surface area (Å²) in [6.45, 7) is 0.379. The van der Waals surface area contributed by atoms with Gasteiger partial charge in [0.1, 0.15) is 6.04 Å². The molecule has 1 aromatic heterocycles. The van der Waals surface area contributed by atoms with Gasteiger partial charge in [-0.15, -0.1) is 0 Å². The molecule has 0 amide bonds. The maximum atomic E-state index is 11.3. The Labute approximate surface area is 116 Å². The molecule has 2 aromatic rings. The minimum absolute atomic E-state index is 0.202. The number of nitrogen functional groups attached to an aromatic ring is 1. The van der Waals surface area contributed by atoms with E-state index in [0.29, 0.717) is 13.0 Å². The van der Waals surface area contributed by atoms with Crippen molar-refractivity contribution < 1.29 is 9.90 Å². The quantitative estimate of drug-likeness (QED) is 0.720. The van der Waals surface area contributed by atoms with E-state index in [0.717, 1.165) is 11.1 Å². The third-order valence-corrected chi connectivity index (χ3v) is 2.86. The van der Waals surface area contributed by atoms with Gasteiger partial charge in [0.05, 0.1) is 0 Å². The van der Waals surface area contributed by atoms with E-state index in [1.165, 1.54) is 0 Å². The summed E-state index contributed by atoms with van der Waals surface area (Å²) in [7, 11) is 0. The molecule has 0 aliphatic heterocycles. The third-order valence-electron chi connectivity index (χ3n) is 2.86. The van der Waals surface area contributed by atoms with Gasteiger partial charge in [-0.3, -0.25) is 10.1 Å². The van der Waals surface area contributed by atoms with Gasteiger partial charge >= 0.3 is 5.97 Å². The van der Waals surface area contributed by atoms with Gasteiger partial charge in [0.15, 0.2) is 0 Å². The predicted molar refractivity (Wildman–Crippen MR) is 74.9 cm³/mol. The van der Waals surface area contributed by atoms with E-state index < -0.39 is 12.0 Å². The lowest BCUT2D eigenvalue weighted by atomic mass is 10.1. The van der Waals surface area contributed by atoms with Crippen LogP contribution in [0.2, 0.25) is 0 Å². The van der Waals surface area contributed by atoms with Crippen molar-refractivity contribution in [3.63, 3.8) is 0 Å². The lowest BCUT2D eigenvalue weighted by Crippen LogP contribution is -2.38. The van der Waals surface area contributed by atoms with E-state index in [4.69, 9.17) is 5.73 Å². The fourth-order valence-corrected chi connectivity index (χ4v) is 1.79. The molecule has 1 heterocycles. The number of hydrogen-bond donors (Lipinski definition) is 3. The number of nitrogens with zero attached hydrogens (tertiary/aromatic N) is 2. The minimum Gasteiger partial charge on any atom is -0.480 e. The van der Waals surface area contributed by atoms with Crippen LogP contribution in [0.25, 0.3) is 0 Å². The number of aliphatic carboxylic acids is 1. The summed E-state index contributed by atoms with van der Waals surface area (Å²) in [5, 5.41) is 12.2. The van der Waals surface area contributed by atoms with Crippen LogP contribution in [0.4, 0.5) is 5.95 Å². The molecule has 1 aromatic carbocycles. The molecular formula is C14H16N4O2. The highest BCUT2D eigenvalue weighted by molar-refractivity contribution is 5.73. The summed E-state index contributed by atoms with van der Waals surface area (Å²) in [4.78, 5) is 19.0. The maximum Gasteiger partial charge on any atom is 0.321 e. The van der Waals surface area contributed by atoms with E-state index >= 15 is 0 Å². The van der Waals surface area contributed by atoms with Crippen LogP contribution in [0.15, 0.2) is 42.7 Å². The number of carboxylic acid groups (broad SMARTS) is 1. The number of nitrogens with one attached hydrogen (secondary N) is 1. The standard InChI is InChI=1S/C14H16N4O2/c15-14-17-8-11(9-18-14)7-16-12(13(19)20)6-10-4-2-1-3-5-10/h1-5,8-9,12,16H,6-7H2,(H,19,20)(H2,15,17,18)/t12-/m1/s1. The molecule has 0 spiro atoms. The van der Waals surface area contributed by atoms with E-state index in [2.05, 4.69) is 15.3 Å². The van der Waals surface area contributed by atoms with Crippen LogP contribution in [0.3, 0.4) is 0 Å². The fraction of sp³-hybridized carbons (Fsp3) is 0.214. The fourth-order valence-electron chi connectivity index (χ4n) is 1.79. The van der Waals surface area contributed by atoms with Gasteiger partial charge in [-0.1, -0.05) is 30.3 Å². The average molecular weight is 272 g/mol. The number of carbonyl (C=O) groups is 1.